The van der Waals surface area contributed by atoms with Crippen LogP contribution in [0.1, 0.15) is 57.8 Å². The van der Waals surface area contributed by atoms with Gasteiger partial charge in [-0.15, -0.1) is 0 Å². The molecule has 20 heavy (non-hydrogen) atoms. The number of rotatable bonds is 5. The fourth-order valence-electron chi connectivity index (χ4n) is 2.15. The molecule has 0 unspecified atom stereocenters. The van der Waals surface area contributed by atoms with Crippen molar-refractivity contribution in [2.24, 2.45) is 0 Å². The second kappa shape index (κ2) is 6.40. The number of carbonyl (C=O) groups excluding carboxylic acids is 1. The van der Waals surface area contributed by atoms with E-state index in [0.29, 0.717) is 18.5 Å². The van der Waals surface area contributed by atoms with Crippen molar-refractivity contribution >= 4 is 5.91 Å². The van der Waals surface area contributed by atoms with Crippen molar-refractivity contribution < 1.29 is 9.90 Å². The summed E-state index contributed by atoms with van der Waals surface area (Å²) in [6.07, 6.45) is 1.47. The highest BCUT2D eigenvalue weighted by Crippen LogP contribution is 2.20. The number of carbonyl (C=O) groups is 1. The van der Waals surface area contributed by atoms with Crippen LogP contribution in [0.4, 0.5) is 0 Å². The molecule has 1 rings (SSSR count). The Bertz CT molecular complexity index is 427. The number of benzene rings is 1. The van der Waals surface area contributed by atoms with Gasteiger partial charge in [0.05, 0.1) is 5.60 Å². The van der Waals surface area contributed by atoms with Gasteiger partial charge >= 0.3 is 0 Å². The SMILES string of the molecule is CC(C)(O)CCCN(C(=O)c1ccccc1)C(C)(C)C. The van der Waals surface area contributed by atoms with E-state index in [0.717, 1.165) is 6.42 Å². The molecule has 3 nitrogen and oxygen atoms in total. The first-order chi connectivity index (χ1) is 9.11. The van der Waals surface area contributed by atoms with Crippen LogP contribution in [-0.2, 0) is 0 Å². The maximum Gasteiger partial charge on any atom is 0.254 e. The molecule has 0 atom stereocenters. The largest absolute Gasteiger partial charge is 0.390 e. The highest BCUT2D eigenvalue weighted by atomic mass is 16.3. The molecule has 1 N–H and O–H groups in total. The predicted molar refractivity (Wildman–Crippen MR) is 82.8 cm³/mol. The third-order valence-electron chi connectivity index (χ3n) is 3.25. The van der Waals surface area contributed by atoms with E-state index in [-0.39, 0.29) is 11.4 Å². The molecule has 1 aromatic rings. The molecule has 0 radical (unpaired) electrons. The zero-order chi connectivity index (χ0) is 15.4. The lowest BCUT2D eigenvalue weighted by Gasteiger charge is -2.36. The van der Waals surface area contributed by atoms with Crippen molar-refractivity contribution in [3.8, 4) is 0 Å². The lowest BCUT2D eigenvalue weighted by Crippen LogP contribution is -2.46. The fourth-order valence-corrected chi connectivity index (χ4v) is 2.15. The summed E-state index contributed by atoms with van der Waals surface area (Å²) in [4.78, 5) is 14.5. The number of hydrogen-bond acceptors (Lipinski definition) is 2. The van der Waals surface area contributed by atoms with E-state index in [1.54, 1.807) is 13.8 Å². The van der Waals surface area contributed by atoms with Crippen molar-refractivity contribution in [1.29, 1.82) is 0 Å². The zero-order valence-corrected chi connectivity index (χ0v) is 13.3. The van der Waals surface area contributed by atoms with Crippen molar-refractivity contribution in [1.82, 2.24) is 4.90 Å². The molecule has 3 heteroatoms. The molecule has 0 saturated carbocycles. The summed E-state index contributed by atoms with van der Waals surface area (Å²) in [5.74, 6) is 0.0499. The summed E-state index contributed by atoms with van der Waals surface area (Å²) >= 11 is 0. The molecule has 0 saturated heterocycles. The lowest BCUT2D eigenvalue weighted by molar-refractivity contribution is 0.0462. The summed E-state index contributed by atoms with van der Waals surface area (Å²) in [5, 5.41) is 9.79. The van der Waals surface area contributed by atoms with Crippen LogP contribution in [-0.4, -0.2) is 33.6 Å². The minimum Gasteiger partial charge on any atom is -0.390 e. The van der Waals surface area contributed by atoms with Gasteiger partial charge < -0.3 is 10.0 Å². The average molecular weight is 277 g/mol. The van der Waals surface area contributed by atoms with Gasteiger partial charge in [0.2, 0.25) is 0 Å². The first kappa shape index (κ1) is 16.7. The molecule has 0 fully saturated rings. The van der Waals surface area contributed by atoms with Gasteiger partial charge in [-0.3, -0.25) is 4.79 Å². The molecule has 0 aromatic heterocycles. The van der Waals surface area contributed by atoms with Crippen molar-refractivity contribution in [3.63, 3.8) is 0 Å². The highest BCUT2D eigenvalue weighted by Gasteiger charge is 2.27. The maximum atomic E-state index is 12.6. The van der Waals surface area contributed by atoms with Gasteiger partial charge in [-0.1, -0.05) is 18.2 Å². The van der Waals surface area contributed by atoms with Gasteiger partial charge in [-0.2, -0.15) is 0 Å². The molecule has 0 bridgehead atoms. The molecule has 0 aliphatic carbocycles. The lowest BCUT2D eigenvalue weighted by atomic mass is 9.99. The van der Waals surface area contributed by atoms with Crippen LogP contribution in [0.25, 0.3) is 0 Å². The van der Waals surface area contributed by atoms with Gasteiger partial charge in [-0.05, 0) is 59.6 Å². The Balaban J connectivity index is 2.78. The Morgan fingerprint density at radius 3 is 2.10 bits per heavy atom. The second-order valence-corrected chi connectivity index (χ2v) is 6.91. The molecule has 0 aliphatic rings. The molecule has 1 amide bonds. The topological polar surface area (TPSA) is 40.5 Å². The van der Waals surface area contributed by atoms with Gasteiger partial charge in [-0.25, -0.2) is 0 Å². The van der Waals surface area contributed by atoms with E-state index in [9.17, 15) is 9.90 Å². The Kier molecular flexibility index (Phi) is 5.35. The van der Waals surface area contributed by atoms with Crippen molar-refractivity contribution in [2.45, 2.75) is 58.6 Å². The molecule has 0 spiro atoms. The first-order valence-electron chi connectivity index (χ1n) is 7.21. The third kappa shape index (κ3) is 5.33. The predicted octanol–water partition coefficient (Wildman–Crippen LogP) is 3.48. The summed E-state index contributed by atoms with van der Waals surface area (Å²) in [7, 11) is 0. The minimum atomic E-state index is -0.681. The van der Waals surface area contributed by atoms with Crippen molar-refractivity contribution in [2.75, 3.05) is 6.54 Å². The van der Waals surface area contributed by atoms with E-state index < -0.39 is 5.60 Å². The number of nitrogens with zero attached hydrogens (tertiary/aromatic N) is 1. The second-order valence-electron chi connectivity index (χ2n) is 6.91. The van der Waals surface area contributed by atoms with E-state index in [2.05, 4.69) is 0 Å². The zero-order valence-electron chi connectivity index (χ0n) is 13.3. The average Bonchev–Trinajstić information content (AvgIpc) is 2.32. The molecule has 0 heterocycles. The number of amides is 1. The standard InChI is InChI=1S/C17H27NO2/c1-16(2,3)18(13-9-12-17(4,5)20)15(19)14-10-7-6-8-11-14/h6-8,10-11,20H,9,12-13H2,1-5H3. The highest BCUT2D eigenvalue weighted by molar-refractivity contribution is 5.94. The molecule has 1 aromatic carbocycles. The Morgan fingerprint density at radius 2 is 1.65 bits per heavy atom. The smallest absolute Gasteiger partial charge is 0.254 e. The van der Waals surface area contributed by atoms with Crippen LogP contribution in [0.5, 0.6) is 0 Å². The quantitative estimate of drug-likeness (QED) is 0.895. The third-order valence-corrected chi connectivity index (χ3v) is 3.25. The minimum absolute atomic E-state index is 0.0499. The Labute approximate surface area is 122 Å². The van der Waals surface area contributed by atoms with Crippen LogP contribution in [0, 0.1) is 0 Å². The van der Waals surface area contributed by atoms with Gasteiger partial charge in [0.15, 0.2) is 0 Å². The fraction of sp³-hybridized carbons (Fsp3) is 0.588. The van der Waals surface area contributed by atoms with Crippen LogP contribution in [0.2, 0.25) is 0 Å². The Morgan fingerprint density at radius 1 is 1.10 bits per heavy atom. The summed E-state index contributed by atoms with van der Waals surface area (Å²) in [6, 6.07) is 9.36. The van der Waals surface area contributed by atoms with E-state index in [1.807, 2.05) is 56.0 Å². The summed E-state index contributed by atoms with van der Waals surface area (Å²) in [6.45, 7) is 10.4. The first-order valence-corrected chi connectivity index (χ1v) is 7.21. The summed E-state index contributed by atoms with van der Waals surface area (Å²) in [5.41, 5.74) is -0.197. The molecule has 0 aliphatic heterocycles. The van der Waals surface area contributed by atoms with Gasteiger partial charge in [0.1, 0.15) is 0 Å². The van der Waals surface area contributed by atoms with E-state index in [1.165, 1.54) is 0 Å². The normalized spacial score (nSPS) is 12.3. The van der Waals surface area contributed by atoms with E-state index >= 15 is 0 Å². The van der Waals surface area contributed by atoms with Crippen molar-refractivity contribution in [3.05, 3.63) is 35.9 Å². The van der Waals surface area contributed by atoms with Crippen LogP contribution < -0.4 is 0 Å². The Hall–Kier alpha value is -1.35. The molecule has 112 valence electrons. The molecular weight excluding hydrogens is 250 g/mol. The summed E-state index contributed by atoms with van der Waals surface area (Å²) < 4.78 is 0. The van der Waals surface area contributed by atoms with E-state index in [4.69, 9.17) is 0 Å². The maximum absolute atomic E-state index is 12.6. The monoisotopic (exact) mass is 277 g/mol. The molecular formula is C17H27NO2. The number of aliphatic hydroxyl groups is 1. The van der Waals surface area contributed by atoms with Crippen LogP contribution >= 0.6 is 0 Å². The van der Waals surface area contributed by atoms with Gasteiger partial charge in [0, 0.05) is 17.6 Å². The number of hydrogen-bond donors (Lipinski definition) is 1. The van der Waals surface area contributed by atoms with Gasteiger partial charge in [0.25, 0.3) is 5.91 Å². The van der Waals surface area contributed by atoms with Crippen LogP contribution in [0.3, 0.4) is 0 Å². The van der Waals surface area contributed by atoms with Crippen LogP contribution in [0.15, 0.2) is 30.3 Å².